The van der Waals surface area contributed by atoms with Crippen LogP contribution in [0.5, 0.6) is 0 Å². The number of rotatable bonds is 3. The van der Waals surface area contributed by atoms with Gasteiger partial charge in [-0.3, -0.25) is 9.59 Å². The Hall–Kier alpha value is -3.46. The van der Waals surface area contributed by atoms with Gasteiger partial charge in [-0.1, -0.05) is 36.4 Å². The van der Waals surface area contributed by atoms with Gasteiger partial charge in [0.05, 0.1) is 11.6 Å². The lowest BCUT2D eigenvalue weighted by Gasteiger charge is -2.39. The lowest BCUT2D eigenvalue weighted by Crippen LogP contribution is -2.64. The molecule has 2 aromatic rings. The minimum absolute atomic E-state index is 0.00728. The molecule has 1 aliphatic rings. The fraction of sp³-hybridized carbons (Fsp3) is 0.190. The van der Waals surface area contributed by atoms with E-state index in [4.69, 9.17) is 0 Å². The first-order valence-electron chi connectivity index (χ1n) is 8.40. The molecule has 0 aliphatic carbocycles. The van der Waals surface area contributed by atoms with E-state index in [9.17, 15) is 19.2 Å². The summed E-state index contributed by atoms with van der Waals surface area (Å²) < 4.78 is 14.2. The molecule has 0 bridgehead atoms. The van der Waals surface area contributed by atoms with Gasteiger partial charge in [0.15, 0.2) is 0 Å². The van der Waals surface area contributed by atoms with Crippen LogP contribution in [0.3, 0.4) is 0 Å². The molecule has 1 aliphatic heterocycles. The predicted octanol–water partition coefficient (Wildman–Crippen LogP) is 2.63. The smallest absolute Gasteiger partial charge is 0.268 e. The van der Waals surface area contributed by atoms with E-state index in [1.54, 1.807) is 6.92 Å². The number of likely N-dealkylation sites (N-methyl/N-ethyl adjacent to an activating group) is 1. The van der Waals surface area contributed by atoms with Crippen molar-refractivity contribution in [2.24, 2.45) is 0 Å². The molecule has 0 spiro atoms. The van der Waals surface area contributed by atoms with E-state index in [2.05, 4.69) is 5.32 Å². The maximum Gasteiger partial charge on any atom is 0.268 e. The Morgan fingerprint density at radius 3 is 2.56 bits per heavy atom. The standard InChI is InChI=1S/C21H18FN3O2/c1-21(12-14-7-4-3-5-8-14)20(27)25(2)18(19(26)24-21)11-16-15(13-23)9-6-10-17(16)22/h3-11H,12H2,1-2H3,(H,24,26)/b18-11-. The molecule has 6 heteroatoms. The number of amides is 2. The van der Waals surface area contributed by atoms with Crippen molar-refractivity contribution in [3.8, 4) is 6.07 Å². The molecule has 2 amide bonds. The van der Waals surface area contributed by atoms with Gasteiger partial charge in [0.1, 0.15) is 17.1 Å². The molecular formula is C21H18FN3O2. The molecule has 1 fully saturated rings. The number of carbonyl (C=O) groups excluding carboxylic acids is 2. The van der Waals surface area contributed by atoms with Gasteiger partial charge in [0, 0.05) is 19.0 Å². The van der Waals surface area contributed by atoms with Crippen molar-refractivity contribution in [2.75, 3.05) is 7.05 Å². The third-order valence-corrected chi connectivity index (χ3v) is 4.61. The number of carbonyl (C=O) groups is 2. The van der Waals surface area contributed by atoms with Gasteiger partial charge >= 0.3 is 0 Å². The summed E-state index contributed by atoms with van der Waals surface area (Å²) in [6.07, 6.45) is 1.57. The fourth-order valence-corrected chi connectivity index (χ4v) is 3.20. The van der Waals surface area contributed by atoms with E-state index in [-0.39, 0.29) is 22.7 Å². The zero-order valence-corrected chi connectivity index (χ0v) is 15.0. The van der Waals surface area contributed by atoms with E-state index in [0.717, 1.165) is 5.56 Å². The Morgan fingerprint density at radius 1 is 1.19 bits per heavy atom. The molecule has 27 heavy (non-hydrogen) atoms. The maximum atomic E-state index is 14.2. The highest BCUT2D eigenvalue weighted by molar-refractivity contribution is 6.09. The summed E-state index contributed by atoms with van der Waals surface area (Å²) in [6, 6.07) is 15.3. The van der Waals surface area contributed by atoms with Crippen molar-refractivity contribution >= 4 is 17.9 Å². The van der Waals surface area contributed by atoms with Crippen LogP contribution in [0.15, 0.2) is 54.2 Å². The molecule has 1 atom stereocenters. The van der Waals surface area contributed by atoms with Crippen LogP contribution in [0.25, 0.3) is 6.08 Å². The Kier molecular flexibility index (Phi) is 4.78. The van der Waals surface area contributed by atoms with Gasteiger partial charge in [0.25, 0.3) is 11.8 Å². The number of halogens is 1. The first kappa shape index (κ1) is 18.3. The lowest BCUT2D eigenvalue weighted by atomic mass is 9.88. The van der Waals surface area contributed by atoms with Gasteiger partial charge in [0.2, 0.25) is 0 Å². The van der Waals surface area contributed by atoms with Crippen molar-refractivity contribution in [3.63, 3.8) is 0 Å². The second-order valence-corrected chi connectivity index (χ2v) is 6.66. The van der Waals surface area contributed by atoms with Crippen LogP contribution in [-0.4, -0.2) is 29.3 Å². The van der Waals surface area contributed by atoms with Crippen LogP contribution in [0.4, 0.5) is 4.39 Å². The Bertz CT molecular complexity index is 979. The van der Waals surface area contributed by atoms with Crippen molar-refractivity contribution in [1.29, 1.82) is 5.26 Å². The van der Waals surface area contributed by atoms with E-state index in [0.29, 0.717) is 6.42 Å². The third kappa shape index (κ3) is 3.44. The van der Waals surface area contributed by atoms with Crippen molar-refractivity contribution in [3.05, 3.63) is 76.7 Å². The first-order valence-corrected chi connectivity index (χ1v) is 8.40. The summed E-state index contributed by atoms with van der Waals surface area (Å²) in [7, 11) is 1.48. The quantitative estimate of drug-likeness (QED) is 0.852. The molecule has 2 aromatic carbocycles. The molecule has 0 saturated carbocycles. The van der Waals surface area contributed by atoms with Crippen molar-refractivity contribution in [1.82, 2.24) is 10.2 Å². The van der Waals surface area contributed by atoms with E-state index >= 15 is 0 Å². The summed E-state index contributed by atoms with van der Waals surface area (Å²) in [5, 5.41) is 11.9. The lowest BCUT2D eigenvalue weighted by molar-refractivity contribution is -0.143. The zero-order chi connectivity index (χ0) is 19.6. The molecule has 1 unspecified atom stereocenters. The minimum atomic E-state index is -1.11. The van der Waals surface area contributed by atoms with Gasteiger partial charge in [-0.2, -0.15) is 5.26 Å². The number of hydrogen-bond acceptors (Lipinski definition) is 3. The van der Waals surface area contributed by atoms with Crippen molar-refractivity contribution in [2.45, 2.75) is 18.9 Å². The topological polar surface area (TPSA) is 73.2 Å². The predicted molar refractivity (Wildman–Crippen MR) is 98.6 cm³/mol. The maximum absolute atomic E-state index is 14.2. The number of nitrogens with zero attached hydrogens (tertiary/aromatic N) is 2. The fourth-order valence-electron chi connectivity index (χ4n) is 3.20. The van der Waals surface area contributed by atoms with Crippen LogP contribution in [0.2, 0.25) is 0 Å². The largest absolute Gasteiger partial charge is 0.336 e. The second-order valence-electron chi connectivity index (χ2n) is 6.66. The van der Waals surface area contributed by atoms with Crippen LogP contribution in [0.1, 0.15) is 23.6 Å². The van der Waals surface area contributed by atoms with Gasteiger partial charge in [-0.05, 0) is 30.7 Å². The summed E-state index contributed by atoms with van der Waals surface area (Å²) in [5.74, 6) is -1.44. The highest BCUT2D eigenvalue weighted by atomic mass is 19.1. The molecule has 0 radical (unpaired) electrons. The molecule has 136 valence electrons. The van der Waals surface area contributed by atoms with Crippen LogP contribution in [-0.2, 0) is 16.0 Å². The average molecular weight is 363 g/mol. The third-order valence-electron chi connectivity index (χ3n) is 4.61. The van der Waals surface area contributed by atoms with Crippen LogP contribution < -0.4 is 5.32 Å². The average Bonchev–Trinajstić information content (AvgIpc) is 2.65. The normalized spacial score (nSPS) is 21.1. The summed E-state index contributed by atoms with van der Waals surface area (Å²) in [6.45, 7) is 1.66. The van der Waals surface area contributed by atoms with Gasteiger partial charge < -0.3 is 10.2 Å². The number of benzene rings is 2. The molecule has 5 nitrogen and oxygen atoms in total. The number of nitriles is 1. The molecule has 1 saturated heterocycles. The van der Waals surface area contributed by atoms with E-state index in [1.165, 1.54) is 36.2 Å². The van der Waals surface area contributed by atoms with Crippen LogP contribution in [0, 0.1) is 17.1 Å². The number of nitrogens with one attached hydrogen (secondary N) is 1. The second kappa shape index (κ2) is 7.04. The Morgan fingerprint density at radius 2 is 1.89 bits per heavy atom. The monoisotopic (exact) mass is 363 g/mol. The molecule has 0 aromatic heterocycles. The molecule has 1 N–H and O–H groups in total. The molecule has 1 heterocycles. The van der Waals surface area contributed by atoms with E-state index in [1.807, 2.05) is 36.4 Å². The molecular weight excluding hydrogens is 345 g/mol. The minimum Gasteiger partial charge on any atom is -0.336 e. The Balaban J connectivity index is 1.96. The van der Waals surface area contributed by atoms with Gasteiger partial charge in [-0.15, -0.1) is 0 Å². The highest BCUT2D eigenvalue weighted by Crippen LogP contribution is 2.26. The number of hydrogen-bond donors (Lipinski definition) is 1. The van der Waals surface area contributed by atoms with Gasteiger partial charge in [-0.25, -0.2) is 4.39 Å². The summed E-state index contributed by atoms with van der Waals surface area (Å²) >= 11 is 0. The first-order chi connectivity index (χ1) is 12.9. The summed E-state index contributed by atoms with van der Waals surface area (Å²) in [4.78, 5) is 26.9. The van der Waals surface area contributed by atoms with E-state index < -0.39 is 17.3 Å². The number of piperazine rings is 1. The SMILES string of the molecule is CN1C(=O)C(C)(Cc2ccccc2)NC(=O)/C1=C/c1c(F)cccc1C#N. The Labute approximate surface area is 156 Å². The van der Waals surface area contributed by atoms with Crippen molar-refractivity contribution < 1.29 is 14.0 Å². The highest BCUT2D eigenvalue weighted by Gasteiger charge is 2.44. The molecule has 3 rings (SSSR count). The zero-order valence-electron chi connectivity index (χ0n) is 15.0. The summed E-state index contributed by atoms with van der Waals surface area (Å²) in [5.41, 5.74) is -0.134. The van der Waals surface area contributed by atoms with Crippen LogP contribution >= 0.6 is 0 Å².